The number of aliphatic carboxylic acids is 1. The van der Waals surface area contributed by atoms with E-state index in [0.717, 1.165) is 48.4 Å². The van der Waals surface area contributed by atoms with Crippen LogP contribution in [0.4, 0.5) is 0 Å². The minimum absolute atomic E-state index is 0.0302. The first kappa shape index (κ1) is 36.3. The Morgan fingerprint density at radius 2 is 1.65 bits per heavy atom. The van der Waals surface area contributed by atoms with Crippen LogP contribution in [0.3, 0.4) is 0 Å². The molecule has 3 aliphatic rings. The Morgan fingerprint density at radius 3 is 2.29 bits per heavy atom. The zero-order valence-corrected chi connectivity index (χ0v) is 29.4. The molecule has 0 bridgehead atoms. The highest BCUT2D eigenvalue weighted by molar-refractivity contribution is 5.97. The van der Waals surface area contributed by atoms with Crippen LogP contribution in [0, 0.1) is 23.7 Å². The second-order valence-corrected chi connectivity index (χ2v) is 14.9. The lowest BCUT2D eigenvalue weighted by atomic mass is 9.83. The zero-order valence-electron chi connectivity index (χ0n) is 29.4. The topological polar surface area (TPSA) is 154 Å². The van der Waals surface area contributed by atoms with E-state index in [2.05, 4.69) is 16.0 Å². The fourth-order valence-corrected chi connectivity index (χ4v) is 7.89. The van der Waals surface area contributed by atoms with E-state index < -0.39 is 53.5 Å². The van der Waals surface area contributed by atoms with Crippen LogP contribution >= 0.6 is 0 Å². The molecule has 266 valence electrons. The van der Waals surface area contributed by atoms with Crippen LogP contribution in [0.5, 0.6) is 0 Å². The molecular formula is C38H52N4O7. The van der Waals surface area contributed by atoms with E-state index in [4.69, 9.17) is 4.74 Å². The number of ether oxygens (including phenoxy) is 1. The molecule has 2 saturated carbocycles. The summed E-state index contributed by atoms with van der Waals surface area (Å²) < 4.78 is 6.37. The summed E-state index contributed by atoms with van der Waals surface area (Å²) in [5, 5.41) is 20.8. The SMILES string of the molecule is CC(=O)N[C@H](C(=O)N[C@H](C(=O)N1C[C@H](OCc2cccc3ccccc23)C[C@H]1C(=O)N[C@]1(C(=O)O)C[C@@H]1C(C)C)C(C)C)C1CCCCC1. The van der Waals surface area contributed by atoms with Gasteiger partial charge in [-0.25, -0.2) is 4.79 Å². The first-order valence-electron chi connectivity index (χ1n) is 17.8. The number of benzene rings is 2. The number of fused-ring (bicyclic) bond motifs is 1. The van der Waals surface area contributed by atoms with Crippen molar-refractivity contribution < 1.29 is 33.8 Å². The molecule has 2 aliphatic carbocycles. The number of nitrogens with zero attached hydrogens (tertiary/aromatic N) is 1. The second-order valence-electron chi connectivity index (χ2n) is 14.9. The highest BCUT2D eigenvalue weighted by atomic mass is 16.5. The van der Waals surface area contributed by atoms with Gasteiger partial charge in [0, 0.05) is 19.9 Å². The van der Waals surface area contributed by atoms with Gasteiger partial charge >= 0.3 is 5.97 Å². The van der Waals surface area contributed by atoms with Crippen molar-refractivity contribution in [2.24, 2.45) is 23.7 Å². The lowest BCUT2D eigenvalue weighted by molar-refractivity contribution is -0.147. The van der Waals surface area contributed by atoms with Crippen molar-refractivity contribution in [1.82, 2.24) is 20.9 Å². The summed E-state index contributed by atoms with van der Waals surface area (Å²) in [6, 6.07) is 11.2. The number of carboxylic acid groups (broad SMARTS) is 1. The van der Waals surface area contributed by atoms with E-state index in [9.17, 15) is 29.1 Å². The van der Waals surface area contributed by atoms with E-state index >= 15 is 0 Å². The van der Waals surface area contributed by atoms with Gasteiger partial charge in [0.15, 0.2) is 0 Å². The van der Waals surface area contributed by atoms with Gasteiger partial charge in [-0.2, -0.15) is 0 Å². The Labute approximate surface area is 288 Å². The Kier molecular flexibility index (Phi) is 11.3. The molecule has 2 aromatic carbocycles. The Morgan fingerprint density at radius 1 is 0.959 bits per heavy atom. The maximum atomic E-state index is 14.4. The summed E-state index contributed by atoms with van der Waals surface area (Å²) in [5.74, 6) is -3.32. The number of hydrogen-bond donors (Lipinski definition) is 4. The van der Waals surface area contributed by atoms with Crippen LogP contribution in [0.1, 0.15) is 85.1 Å². The van der Waals surface area contributed by atoms with E-state index in [-0.39, 0.29) is 49.2 Å². The van der Waals surface area contributed by atoms with Crippen molar-refractivity contribution in [1.29, 1.82) is 0 Å². The van der Waals surface area contributed by atoms with Gasteiger partial charge in [0.1, 0.15) is 23.7 Å². The molecule has 4 N–H and O–H groups in total. The number of rotatable bonds is 13. The Hall–Kier alpha value is -3.99. The van der Waals surface area contributed by atoms with Crippen LogP contribution in [0.2, 0.25) is 0 Å². The molecule has 49 heavy (non-hydrogen) atoms. The number of nitrogens with one attached hydrogen (secondary N) is 3. The fraction of sp³-hybridized carbons (Fsp3) is 0.605. The summed E-state index contributed by atoms with van der Waals surface area (Å²) in [5.41, 5.74) is -0.399. The molecule has 2 aromatic rings. The highest BCUT2D eigenvalue weighted by Gasteiger charge is 2.63. The molecule has 0 unspecified atom stereocenters. The van der Waals surface area contributed by atoms with E-state index in [0.29, 0.717) is 6.42 Å². The number of carboxylic acids is 1. The monoisotopic (exact) mass is 676 g/mol. The van der Waals surface area contributed by atoms with Crippen molar-refractivity contribution in [3.8, 4) is 0 Å². The van der Waals surface area contributed by atoms with Gasteiger partial charge in [-0.1, -0.05) is 89.4 Å². The van der Waals surface area contributed by atoms with Crippen molar-refractivity contribution >= 4 is 40.4 Å². The van der Waals surface area contributed by atoms with Crippen molar-refractivity contribution in [3.05, 3.63) is 48.0 Å². The molecule has 4 amide bonds. The number of hydrogen-bond acceptors (Lipinski definition) is 6. The third kappa shape index (κ3) is 8.09. The standard InChI is InChI=1S/C38H52N4O7/c1-22(2)30-19-38(30,37(47)48)41-34(44)31-18-28(49-21-27-16-11-15-25-12-9-10-17-29(25)27)20-42(31)36(46)32(23(3)4)40-35(45)33(39-24(5)43)26-13-7-6-8-14-26/h9-12,15-17,22-23,26,28,30-33H,6-8,13-14,18-21H2,1-5H3,(H,39,43)(H,40,45)(H,41,44)(H,47,48)/t28-,30-,31+,32+,33+,38-/m1/s1. The summed E-state index contributed by atoms with van der Waals surface area (Å²) in [6.45, 7) is 9.27. The largest absolute Gasteiger partial charge is 0.479 e. The second kappa shape index (κ2) is 15.3. The van der Waals surface area contributed by atoms with Gasteiger partial charge in [0.05, 0.1) is 12.7 Å². The number of carbonyl (C=O) groups is 5. The smallest absolute Gasteiger partial charge is 0.329 e. The molecule has 1 saturated heterocycles. The van der Waals surface area contributed by atoms with Crippen molar-refractivity contribution in [3.63, 3.8) is 0 Å². The van der Waals surface area contributed by atoms with Gasteiger partial charge in [0.25, 0.3) is 0 Å². The lowest BCUT2D eigenvalue weighted by Gasteiger charge is -2.34. The molecule has 0 radical (unpaired) electrons. The first-order chi connectivity index (χ1) is 23.3. The van der Waals surface area contributed by atoms with E-state index in [1.54, 1.807) is 0 Å². The van der Waals surface area contributed by atoms with E-state index in [1.165, 1.54) is 11.8 Å². The molecule has 0 spiro atoms. The minimum Gasteiger partial charge on any atom is -0.479 e. The van der Waals surface area contributed by atoms with Crippen LogP contribution in [0.15, 0.2) is 42.5 Å². The van der Waals surface area contributed by atoms with Gasteiger partial charge in [-0.15, -0.1) is 0 Å². The molecule has 11 nitrogen and oxygen atoms in total. The predicted octanol–water partition coefficient (Wildman–Crippen LogP) is 4.17. The Balaban J connectivity index is 1.37. The summed E-state index contributed by atoms with van der Waals surface area (Å²) in [7, 11) is 0. The Bertz CT molecular complexity index is 1550. The zero-order chi connectivity index (χ0) is 35.5. The normalized spacial score (nSPS) is 25.2. The minimum atomic E-state index is -1.38. The summed E-state index contributed by atoms with van der Waals surface area (Å²) >= 11 is 0. The summed E-state index contributed by atoms with van der Waals surface area (Å²) in [6.07, 6.45) is 4.65. The predicted molar refractivity (Wildman–Crippen MR) is 185 cm³/mol. The average molecular weight is 677 g/mol. The van der Waals surface area contributed by atoms with Crippen LogP contribution in [-0.2, 0) is 35.3 Å². The van der Waals surface area contributed by atoms with Gasteiger partial charge in [0.2, 0.25) is 23.6 Å². The average Bonchev–Trinajstić information content (AvgIpc) is 3.66. The first-order valence-corrected chi connectivity index (χ1v) is 17.8. The van der Waals surface area contributed by atoms with Gasteiger partial charge < -0.3 is 30.7 Å². The molecule has 11 heteroatoms. The number of likely N-dealkylation sites (tertiary alicyclic amines) is 1. The third-order valence-electron chi connectivity index (χ3n) is 10.7. The molecule has 5 rings (SSSR count). The molecular weight excluding hydrogens is 624 g/mol. The maximum Gasteiger partial charge on any atom is 0.329 e. The number of amides is 4. The molecule has 1 heterocycles. The lowest BCUT2D eigenvalue weighted by Crippen LogP contribution is -2.60. The number of carbonyl (C=O) groups excluding carboxylic acids is 4. The molecule has 3 fully saturated rings. The van der Waals surface area contributed by atoms with Crippen LogP contribution < -0.4 is 16.0 Å². The molecule has 1 aliphatic heterocycles. The van der Waals surface area contributed by atoms with Crippen LogP contribution in [0.25, 0.3) is 10.8 Å². The van der Waals surface area contributed by atoms with E-state index in [1.807, 2.05) is 70.2 Å². The van der Waals surface area contributed by atoms with Crippen LogP contribution in [-0.4, -0.2) is 75.9 Å². The maximum absolute atomic E-state index is 14.4. The summed E-state index contributed by atoms with van der Waals surface area (Å²) in [4.78, 5) is 68.1. The fourth-order valence-electron chi connectivity index (χ4n) is 7.89. The van der Waals surface area contributed by atoms with Crippen molar-refractivity contribution in [2.45, 2.75) is 116 Å². The van der Waals surface area contributed by atoms with Gasteiger partial charge in [-0.05, 0) is 59.3 Å². The quantitative estimate of drug-likeness (QED) is 0.248. The molecule has 6 atom stereocenters. The third-order valence-corrected chi connectivity index (χ3v) is 10.7. The van der Waals surface area contributed by atoms with Crippen molar-refractivity contribution in [2.75, 3.05) is 6.54 Å². The van der Waals surface area contributed by atoms with Gasteiger partial charge in [-0.3, -0.25) is 19.2 Å². The molecule has 0 aromatic heterocycles. The highest BCUT2D eigenvalue weighted by Crippen LogP contribution is 2.49.